The molecule has 0 radical (unpaired) electrons. The molecule has 3 fully saturated rings. The van der Waals surface area contributed by atoms with Gasteiger partial charge in [0.1, 0.15) is 6.04 Å². The first-order valence-corrected chi connectivity index (χ1v) is 14.1. The van der Waals surface area contributed by atoms with Gasteiger partial charge >= 0.3 is 0 Å². The van der Waals surface area contributed by atoms with Gasteiger partial charge in [-0.15, -0.1) is 0 Å². The Bertz CT molecular complexity index is 1250. The summed E-state index contributed by atoms with van der Waals surface area (Å²) in [5, 5.41) is 9.34. The maximum absolute atomic E-state index is 13.7. The van der Waals surface area contributed by atoms with Gasteiger partial charge in [0.15, 0.2) is 0 Å². The largest absolute Gasteiger partial charge is 0.341 e. The van der Waals surface area contributed by atoms with Gasteiger partial charge in [0.2, 0.25) is 21.8 Å². The number of hydrogen-bond acceptors (Lipinski definition) is 6. The van der Waals surface area contributed by atoms with Crippen molar-refractivity contribution in [2.75, 3.05) is 25.9 Å². The summed E-state index contributed by atoms with van der Waals surface area (Å²) in [6.45, 7) is 4.15. The van der Waals surface area contributed by atoms with E-state index in [1.165, 1.54) is 9.87 Å². The Morgan fingerprint density at radius 3 is 2.54 bits per heavy atom. The number of amides is 2. The number of aromatic nitrogens is 2. The summed E-state index contributed by atoms with van der Waals surface area (Å²) in [5.41, 5.74) is 4.67. The predicted molar refractivity (Wildman–Crippen MR) is 129 cm³/mol. The monoisotopic (exact) mass is 503 g/mol. The Labute approximate surface area is 205 Å². The summed E-state index contributed by atoms with van der Waals surface area (Å²) < 4.78 is 28.7. The fraction of sp³-hybridized carbons (Fsp3) is 0.625. The summed E-state index contributed by atoms with van der Waals surface area (Å²) in [6.07, 6.45) is 6.49. The molecule has 1 aromatic heterocycles. The van der Waals surface area contributed by atoms with Gasteiger partial charge in [-0.3, -0.25) is 14.8 Å². The van der Waals surface area contributed by atoms with Crippen LogP contribution in [0, 0.1) is 11.3 Å². The Hall–Kier alpha value is -2.50. The molecule has 2 N–H and O–H groups in total. The third-order valence-electron chi connectivity index (χ3n) is 8.18. The van der Waals surface area contributed by atoms with Crippen molar-refractivity contribution in [1.82, 2.24) is 24.2 Å². The molecule has 5 rings (SSSR count). The molecular formula is C24H33N5O5S. The van der Waals surface area contributed by atoms with Crippen molar-refractivity contribution >= 4 is 32.9 Å². The summed E-state index contributed by atoms with van der Waals surface area (Å²) in [4.78, 5) is 32.4. The van der Waals surface area contributed by atoms with Crippen LogP contribution in [0.3, 0.4) is 0 Å². The molecule has 3 heterocycles. The molecule has 35 heavy (non-hydrogen) atoms. The first-order valence-electron chi connectivity index (χ1n) is 12.3. The van der Waals surface area contributed by atoms with Crippen LogP contribution < -0.4 is 5.48 Å². The second-order valence-electron chi connectivity index (χ2n) is 10.4. The average Bonchev–Trinajstić information content (AvgIpc) is 3.47. The van der Waals surface area contributed by atoms with Crippen LogP contribution in [0.25, 0.3) is 11.0 Å². The van der Waals surface area contributed by atoms with Crippen LogP contribution in [0.15, 0.2) is 24.5 Å². The predicted octanol–water partition coefficient (Wildman–Crippen LogP) is 1.70. The number of carbonyl (C=O) groups excluding carboxylic acids is 2. The fourth-order valence-electron chi connectivity index (χ4n) is 5.95. The van der Waals surface area contributed by atoms with Crippen molar-refractivity contribution in [1.29, 1.82) is 0 Å². The van der Waals surface area contributed by atoms with Gasteiger partial charge in [-0.2, -0.15) is 4.31 Å². The molecule has 0 unspecified atom stereocenters. The normalized spacial score (nSPS) is 25.2. The lowest BCUT2D eigenvalue weighted by molar-refractivity contribution is -0.148. The molecule has 0 bridgehead atoms. The number of nitrogens with one attached hydrogen (secondary N) is 1. The molecule has 2 amide bonds. The smallest absolute Gasteiger partial charge is 0.248 e. The average molecular weight is 504 g/mol. The number of hydrogen-bond donors (Lipinski definition) is 2. The zero-order chi connectivity index (χ0) is 25.0. The number of sulfonamides is 1. The molecular weight excluding hydrogens is 470 g/mol. The third kappa shape index (κ3) is 4.45. The summed E-state index contributed by atoms with van der Waals surface area (Å²) >= 11 is 0. The number of hydroxylamine groups is 1. The maximum Gasteiger partial charge on any atom is 0.248 e. The van der Waals surface area contributed by atoms with E-state index in [4.69, 9.17) is 0 Å². The quantitative estimate of drug-likeness (QED) is 0.473. The van der Waals surface area contributed by atoms with Crippen LogP contribution in [0.1, 0.15) is 50.5 Å². The van der Waals surface area contributed by atoms with Crippen LogP contribution in [0.2, 0.25) is 0 Å². The molecule has 190 valence electrons. The molecule has 1 spiro atoms. The second-order valence-corrected chi connectivity index (χ2v) is 12.4. The van der Waals surface area contributed by atoms with E-state index >= 15 is 0 Å². The maximum atomic E-state index is 13.7. The van der Waals surface area contributed by atoms with Crippen LogP contribution in [-0.4, -0.2) is 76.1 Å². The number of carbonyl (C=O) groups is 2. The standard InChI is InChI=1S/C24H33N5O5S/c1-3-27-15-25-19-5-4-17(12-20(19)27)16-6-10-28(11-7-16)23(31)21-18(22(30)26-32)13-24(8-9-24)14-29(21)35(2,33)34/h4-5,12,15-16,18,21,32H,3,6-11,13-14H2,1-2H3,(H,26,30)/t18-,21-/m0/s1. The Kier molecular flexibility index (Phi) is 6.13. The number of benzene rings is 1. The first-order chi connectivity index (χ1) is 16.7. The summed E-state index contributed by atoms with van der Waals surface area (Å²) in [5.74, 6) is -1.67. The highest BCUT2D eigenvalue weighted by Crippen LogP contribution is 2.55. The number of fused-ring (bicyclic) bond motifs is 1. The molecule has 1 saturated carbocycles. The summed E-state index contributed by atoms with van der Waals surface area (Å²) in [7, 11) is -3.72. The number of rotatable bonds is 5. The molecule has 2 atom stereocenters. The minimum absolute atomic E-state index is 0.249. The minimum atomic E-state index is -3.72. The highest BCUT2D eigenvalue weighted by molar-refractivity contribution is 7.88. The van der Waals surface area contributed by atoms with E-state index in [1.54, 1.807) is 10.4 Å². The van der Waals surface area contributed by atoms with Crippen molar-refractivity contribution < 1.29 is 23.2 Å². The molecule has 2 aliphatic heterocycles. The van der Waals surface area contributed by atoms with Gasteiger partial charge in [0.05, 0.1) is 29.5 Å². The lowest BCUT2D eigenvalue weighted by Crippen LogP contribution is -2.62. The fourth-order valence-corrected chi connectivity index (χ4v) is 7.11. The molecule has 10 nitrogen and oxygen atoms in total. The number of piperidine rings is 2. The van der Waals surface area contributed by atoms with Crippen molar-refractivity contribution in [2.45, 2.75) is 57.5 Å². The Morgan fingerprint density at radius 2 is 1.94 bits per heavy atom. The van der Waals surface area contributed by atoms with Crippen LogP contribution in [-0.2, 0) is 26.2 Å². The minimum Gasteiger partial charge on any atom is -0.341 e. The zero-order valence-electron chi connectivity index (χ0n) is 20.2. The van der Waals surface area contributed by atoms with Crippen LogP contribution in [0.4, 0.5) is 0 Å². The van der Waals surface area contributed by atoms with Crippen LogP contribution in [0.5, 0.6) is 0 Å². The highest BCUT2D eigenvalue weighted by Gasteiger charge is 2.58. The number of imidazole rings is 1. The molecule has 11 heteroatoms. The van der Waals surface area contributed by atoms with E-state index in [1.807, 2.05) is 12.4 Å². The zero-order valence-corrected chi connectivity index (χ0v) is 21.0. The first kappa shape index (κ1) is 24.2. The summed E-state index contributed by atoms with van der Waals surface area (Å²) in [6, 6.07) is 5.18. The lowest BCUT2D eigenvalue weighted by atomic mass is 9.80. The van der Waals surface area contributed by atoms with Crippen LogP contribution >= 0.6 is 0 Å². The van der Waals surface area contributed by atoms with Crippen molar-refractivity contribution in [2.24, 2.45) is 11.3 Å². The van der Waals surface area contributed by atoms with Gasteiger partial charge in [0, 0.05) is 26.2 Å². The molecule has 2 saturated heterocycles. The van der Waals surface area contributed by atoms with Gasteiger partial charge in [0.25, 0.3) is 0 Å². The van der Waals surface area contributed by atoms with Crippen molar-refractivity contribution in [3.05, 3.63) is 30.1 Å². The van der Waals surface area contributed by atoms with Gasteiger partial charge < -0.3 is 9.47 Å². The second kappa shape index (κ2) is 8.86. The van der Waals surface area contributed by atoms with E-state index in [2.05, 4.69) is 28.6 Å². The lowest BCUT2D eigenvalue weighted by Gasteiger charge is -2.44. The van der Waals surface area contributed by atoms with E-state index in [0.717, 1.165) is 49.5 Å². The van der Waals surface area contributed by atoms with Gasteiger partial charge in [-0.25, -0.2) is 18.9 Å². The number of aryl methyl sites for hydroxylation is 1. The number of nitrogens with zero attached hydrogens (tertiary/aromatic N) is 4. The van der Waals surface area contributed by atoms with E-state index in [9.17, 15) is 23.2 Å². The SMILES string of the molecule is CCn1cnc2ccc(C3CCN(C(=O)[C@@H]4[C@@H](C(=O)NO)CC5(CC5)CN4S(C)(=O)=O)CC3)cc21. The topological polar surface area (TPSA) is 125 Å². The van der Waals surface area contributed by atoms with Gasteiger partial charge in [-0.1, -0.05) is 6.07 Å². The van der Waals surface area contributed by atoms with E-state index in [0.29, 0.717) is 19.5 Å². The van der Waals surface area contributed by atoms with Crippen molar-refractivity contribution in [3.63, 3.8) is 0 Å². The Balaban J connectivity index is 1.34. The molecule has 2 aromatic rings. The van der Waals surface area contributed by atoms with E-state index in [-0.39, 0.29) is 23.8 Å². The van der Waals surface area contributed by atoms with Crippen molar-refractivity contribution in [3.8, 4) is 0 Å². The Morgan fingerprint density at radius 1 is 1.23 bits per heavy atom. The molecule has 3 aliphatic rings. The molecule has 1 aromatic carbocycles. The van der Waals surface area contributed by atoms with E-state index < -0.39 is 27.9 Å². The van der Waals surface area contributed by atoms with Gasteiger partial charge in [-0.05, 0) is 68.1 Å². The highest BCUT2D eigenvalue weighted by atomic mass is 32.2. The number of likely N-dealkylation sites (tertiary alicyclic amines) is 1. The molecule has 1 aliphatic carbocycles. The third-order valence-corrected chi connectivity index (χ3v) is 9.39.